The Bertz CT molecular complexity index is 157. The molecule has 0 heterocycles. The van der Waals surface area contributed by atoms with Gasteiger partial charge in [-0.3, -0.25) is 0 Å². The van der Waals surface area contributed by atoms with Crippen molar-refractivity contribution in [2.45, 2.75) is 6.92 Å². The molecule has 4 heteroatoms. The molecule has 0 fully saturated rings. The van der Waals surface area contributed by atoms with E-state index in [1.807, 2.05) is 0 Å². The lowest BCUT2D eigenvalue weighted by atomic mass is 10.7. The van der Waals surface area contributed by atoms with Gasteiger partial charge in [0.2, 0.25) is 0 Å². The fourth-order valence-corrected chi connectivity index (χ4v) is 1.05. The van der Waals surface area contributed by atoms with E-state index in [0.29, 0.717) is 6.35 Å². The fourth-order valence-electron chi connectivity index (χ4n) is 0.389. The minimum atomic E-state index is -0.981. The van der Waals surface area contributed by atoms with Crippen LogP contribution in [0.15, 0.2) is 12.7 Å². The third-order valence-electron chi connectivity index (χ3n) is 1.58. The molecule has 0 aromatic heterocycles. The summed E-state index contributed by atoms with van der Waals surface area (Å²) in [5.74, 6) is -0.313. The van der Waals surface area contributed by atoms with Crippen LogP contribution in [0.3, 0.4) is 0 Å². The third-order valence-corrected chi connectivity index (χ3v) is 4.12. The van der Waals surface area contributed by atoms with Crippen LogP contribution >= 0.6 is 7.26 Å². The van der Waals surface area contributed by atoms with Crippen molar-refractivity contribution in [2.24, 2.45) is 0 Å². The average molecular weight is 211 g/mol. The number of ether oxygens (including phenoxy) is 1. The summed E-state index contributed by atoms with van der Waals surface area (Å²) in [5.41, 5.74) is 0. The molecule has 0 aromatic carbocycles. The van der Waals surface area contributed by atoms with E-state index in [9.17, 15) is 4.79 Å². The lowest BCUT2D eigenvalue weighted by Gasteiger charge is -2.14. The molecule has 0 bridgehead atoms. The van der Waals surface area contributed by atoms with Crippen LogP contribution in [0.1, 0.15) is 6.92 Å². The van der Waals surface area contributed by atoms with Crippen LogP contribution in [-0.2, 0) is 9.53 Å². The van der Waals surface area contributed by atoms with Gasteiger partial charge in [-0.2, -0.15) is 0 Å². The van der Waals surface area contributed by atoms with Gasteiger partial charge in [0, 0.05) is 13.3 Å². The van der Waals surface area contributed by atoms with Crippen molar-refractivity contribution in [2.75, 3.05) is 25.8 Å². The minimum absolute atomic E-state index is 0. The summed E-state index contributed by atoms with van der Waals surface area (Å²) in [6.45, 7) is 9.79. The van der Waals surface area contributed by atoms with Crippen LogP contribution in [0.25, 0.3) is 0 Å². The number of hydrogen-bond donors (Lipinski definition) is 0. The van der Waals surface area contributed by atoms with Crippen molar-refractivity contribution in [3.63, 3.8) is 0 Å². The zero-order valence-electron chi connectivity index (χ0n) is 7.84. The molecule has 0 rings (SSSR count). The quantitative estimate of drug-likeness (QED) is 0.337. The first kappa shape index (κ1) is 14.5. The van der Waals surface area contributed by atoms with Gasteiger partial charge in [-0.25, -0.2) is 4.79 Å². The number of halogens is 1. The molecule has 0 saturated heterocycles. The lowest BCUT2D eigenvalue weighted by Crippen LogP contribution is -3.00. The number of rotatable bonds is 4. The smallest absolute Gasteiger partial charge is 0.333 e. The Hall–Kier alpha value is -0.0700. The van der Waals surface area contributed by atoms with Crippen LogP contribution in [0.2, 0.25) is 0 Å². The van der Waals surface area contributed by atoms with Crippen molar-refractivity contribution < 1.29 is 21.9 Å². The molecule has 0 radical (unpaired) electrons. The summed E-state index contributed by atoms with van der Waals surface area (Å²) in [6, 6.07) is 0. The summed E-state index contributed by atoms with van der Waals surface area (Å²) in [5, 5.41) is 0. The van der Waals surface area contributed by atoms with E-state index >= 15 is 0 Å². The number of carbonyl (C=O) groups is 1. The molecule has 72 valence electrons. The van der Waals surface area contributed by atoms with Gasteiger partial charge in [0.1, 0.15) is 0 Å². The maximum absolute atomic E-state index is 10.7. The molecule has 2 nitrogen and oxygen atoms in total. The van der Waals surface area contributed by atoms with Gasteiger partial charge in [0.05, 0.1) is 19.5 Å². The number of hydrogen-bond acceptors (Lipinski definition) is 2. The predicted molar refractivity (Wildman–Crippen MR) is 50.5 cm³/mol. The summed E-state index contributed by atoms with van der Waals surface area (Å²) < 4.78 is 4.94. The maximum Gasteiger partial charge on any atom is 0.333 e. The fraction of sp³-hybridized carbons (Fsp3) is 0.625. The molecule has 0 amide bonds. The van der Waals surface area contributed by atoms with E-state index in [1.54, 1.807) is 0 Å². The summed E-state index contributed by atoms with van der Waals surface area (Å²) in [6.07, 6.45) is 2.89. The predicted octanol–water partition coefficient (Wildman–Crippen LogP) is -1.03. The maximum atomic E-state index is 10.7. The van der Waals surface area contributed by atoms with Crippen molar-refractivity contribution >= 4 is 13.2 Å². The molecular formula is C8H16ClO2P. The van der Waals surface area contributed by atoms with Crippen LogP contribution in [0, 0.1) is 0 Å². The SMILES string of the molecule is C=CC(=O)OC[P+](C)(C)CC.[Cl-]. The molecule has 0 saturated carbocycles. The molecule has 0 aliphatic rings. The molecule has 12 heavy (non-hydrogen) atoms. The van der Waals surface area contributed by atoms with Crippen LogP contribution < -0.4 is 12.4 Å². The van der Waals surface area contributed by atoms with E-state index in [2.05, 4.69) is 26.8 Å². The molecule has 0 aliphatic carbocycles. The monoisotopic (exact) mass is 210 g/mol. The van der Waals surface area contributed by atoms with E-state index in [1.165, 1.54) is 6.08 Å². The third kappa shape index (κ3) is 6.63. The van der Waals surface area contributed by atoms with E-state index in [4.69, 9.17) is 4.74 Å². The van der Waals surface area contributed by atoms with E-state index in [0.717, 1.165) is 6.16 Å². The van der Waals surface area contributed by atoms with Crippen LogP contribution in [0.4, 0.5) is 0 Å². The van der Waals surface area contributed by atoms with Crippen LogP contribution in [0.5, 0.6) is 0 Å². The first-order valence-corrected chi connectivity index (χ1v) is 6.68. The van der Waals surface area contributed by atoms with Gasteiger partial charge in [-0.1, -0.05) is 6.58 Å². The standard InChI is InChI=1S/C8H16O2P.ClH/c1-5-8(9)10-7-11(3,4)6-2;/h5H,1,6-7H2,2-4H3;1H/q+1;/p-1. The van der Waals surface area contributed by atoms with Gasteiger partial charge in [0.15, 0.2) is 6.35 Å². The summed E-state index contributed by atoms with van der Waals surface area (Å²) in [4.78, 5) is 10.7. The Balaban J connectivity index is 0. The Morgan fingerprint density at radius 3 is 2.42 bits per heavy atom. The highest BCUT2D eigenvalue weighted by atomic mass is 35.5. The molecule has 0 aliphatic heterocycles. The zero-order valence-corrected chi connectivity index (χ0v) is 9.49. The molecule has 0 N–H and O–H groups in total. The molecule has 0 unspecified atom stereocenters. The van der Waals surface area contributed by atoms with Crippen molar-refractivity contribution in [1.82, 2.24) is 0 Å². The Morgan fingerprint density at radius 1 is 1.58 bits per heavy atom. The largest absolute Gasteiger partial charge is 1.00 e. The number of carbonyl (C=O) groups excluding carboxylic acids is 1. The normalized spacial score (nSPS) is 9.92. The Morgan fingerprint density at radius 2 is 2.08 bits per heavy atom. The van der Waals surface area contributed by atoms with Crippen LogP contribution in [-0.4, -0.2) is 31.8 Å². The first-order valence-electron chi connectivity index (χ1n) is 3.63. The minimum Gasteiger partial charge on any atom is -1.00 e. The second-order valence-corrected chi connectivity index (χ2v) is 7.81. The topological polar surface area (TPSA) is 26.3 Å². The van der Waals surface area contributed by atoms with Crippen molar-refractivity contribution in [3.05, 3.63) is 12.7 Å². The van der Waals surface area contributed by atoms with E-state index < -0.39 is 7.26 Å². The highest BCUT2D eigenvalue weighted by Crippen LogP contribution is 2.50. The van der Waals surface area contributed by atoms with E-state index in [-0.39, 0.29) is 18.4 Å². The van der Waals surface area contributed by atoms with Gasteiger partial charge in [0.25, 0.3) is 0 Å². The highest BCUT2D eigenvalue weighted by molar-refractivity contribution is 7.74. The average Bonchev–Trinajstić information content (AvgIpc) is 2.00. The van der Waals surface area contributed by atoms with Crippen molar-refractivity contribution in [1.29, 1.82) is 0 Å². The van der Waals surface area contributed by atoms with Crippen molar-refractivity contribution in [3.8, 4) is 0 Å². The lowest BCUT2D eigenvalue weighted by molar-refractivity contribution is -0.135. The second kappa shape index (κ2) is 6.45. The zero-order chi connectivity index (χ0) is 8.91. The Labute approximate surface area is 81.1 Å². The second-order valence-electron chi connectivity index (χ2n) is 3.05. The summed E-state index contributed by atoms with van der Waals surface area (Å²) in [7, 11) is -0.981. The molecule has 0 atom stereocenters. The molecule has 0 spiro atoms. The van der Waals surface area contributed by atoms with Gasteiger partial charge < -0.3 is 17.1 Å². The van der Waals surface area contributed by atoms with Gasteiger partial charge in [-0.05, 0) is 6.92 Å². The Kier molecular flexibility index (Phi) is 7.76. The summed E-state index contributed by atoms with van der Waals surface area (Å²) >= 11 is 0. The van der Waals surface area contributed by atoms with Gasteiger partial charge in [-0.15, -0.1) is 0 Å². The first-order chi connectivity index (χ1) is 5.02. The highest BCUT2D eigenvalue weighted by Gasteiger charge is 2.23. The van der Waals surface area contributed by atoms with Gasteiger partial charge >= 0.3 is 5.97 Å². The number of esters is 1. The molecular weight excluding hydrogens is 195 g/mol. The molecule has 0 aromatic rings.